The summed E-state index contributed by atoms with van der Waals surface area (Å²) >= 11 is 1.72. The molecule has 0 aliphatic carbocycles. The number of rotatable bonds is 1. The molecule has 2 heterocycles. The molecule has 0 aliphatic heterocycles. The van der Waals surface area contributed by atoms with Crippen LogP contribution in [-0.2, 0) is 0 Å². The highest BCUT2D eigenvalue weighted by molar-refractivity contribution is 7.15. The smallest absolute Gasteiger partial charge is 0.220 e. The molecule has 0 spiro atoms. The van der Waals surface area contributed by atoms with Gasteiger partial charge in [0.1, 0.15) is 0 Å². The van der Waals surface area contributed by atoms with Gasteiger partial charge in [-0.1, -0.05) is 0 Å². The molecule has 0 aromatic carbocycles. The summed E-state index contributed by atoms with van der Waals surface area (Å²) in [6, 6.07) is 4.15. The Hall–Kier alpha value is -1.42. The first-order valence-corrected chi connectivity index (χ1v) is 5.14. The van der Waals surface area contributed by atoms with E-state index >= 15 is 0 Å². The zero-order chi connectivity index (χ0) is 10.1. The molecule has 0 saturated carbocycles. The number of aromatic nitrogens is 2. The maximum atomic E-state index is 5.55. The Morgan fingerprint density at radius 3 is 2.71 bits per heavy atom. The molecule has 14 heavy (non-hydrogen) atoms. The second-order valence-electron chi connectivity index (χ2n) is 3.17. The largest absolute Gasteiger partial charge is 0.368 e. The van der Waals surface area contributed by atoms with Gasteiger partial charge in [0.2, 0.25) is 5.95 Å². The lowest BCUT2D eigenvalue weighted by Gasteiger charge is -2.01. The van der Waals surface area contributed by atoms with Crippen molar-refractivity contribution in [1.29, 1.82) is 0 Å². The van der Waals surface area contributed by atoms with Gasteiger partial charge in [0.05, 0.1) is 10.6 Å². The third-order valence-electron chi connectivity index (χ3n) is 1.96. The maximum Gasteiger partial charge on any atom is 0.220 e. The Kier molecular flexibility index (Phi) is 2.21. The number of nitrogens with zero attached hydrogens (tertiary/aromatic N) is 2. The number of anilines is 1. The van der Waals surface area contributed by atoms with Gasteiger partial charge in [-0.2, -0.15) is 0 Å². The van der Waals surface area contributed by atoms with E-state index in [1.807, 2.05) is 6.92 Å². The lowest BCUT2D eigenvalue weighted by molar-refractivity contribution is 1.16. The van der Waals surface area contributed by atoms with Crippen molar-refractivity contribution in [3.05, 3.63) is 28.8 Å². The minimum Gasteiger partial charge on any atom is -0.368 e. The van der Waals surface area contributed by atoms with Crippen LogP contribution in [0.4, 0.5) is 5.95 Å². The average molecular weight is 205 g/mol. The van der Waals surface area contributed by atoms with Gasteiger partial charge in [-0.25, -0.2) is 9.97 Å². The van der Waals surface area contributed by atoms with E-state index in [0.29, 0.717) is 5.95 Å². The molecule has 0 fully saturated rings. The van der Waals surface area contributed by atoms with Crippen molar-refractivity contribution in [2.45, 2.75) is 13.8 Å². The van der Waals surface area contributed by atoms with E-state index in [9.17, 15) is 0 Å². The maximum absolute atomic E-state index is 5.55. The molecular formula is C10H11N3S. The van der Waals surface area contributed by atoms with Gasteiger partial charge in [0.25, 0.3) is 0 Å². The van der Waals surface area contributed by atoms with E-state index in [0.717, 1.165) is 16.1 Å². The van der Waals surface area contributed by atoms with Crippen molar-refractivity contribution in [2.75, 3.05) is 5.73 Å². The summed E-state index contributed by atoms with van der Waals surface area (Å²) in [6.45, 7) is 4.07. The molecule has 0 amide bonds. The average Bonchev–Trinajstić information content (AvgIpc) is 2.56. The Morgan fingerprint density at radius 2 is 2.07 bits per heavy atom. The normalized spacial score (nSPS) is 10.4. The highest BCUT2D eigenvalue weighted by Gasteiger charge is 2.06. The lowest BCUT2D eigenvalue weighted by atomic mass is 10.2. The Morgan fingerprint density at radius 1 is 1.29 bits per heavy atom. The molecule has 3 nitrogen and oxygen atoms in total. The Bertz CT molecular complexity index is 462. The van der Waals surface area contributed by atoms with Gasteiger partial charge < -0.3 is 5.73 Å². The first-order valence-electron chi connectivity index (χ1n) is 4.33. The Balaban J connectivity index is 2.55. The van der Waals surface area contributed by atoms with Gasteiger partial charge in [-0.05, 0) is 31.5 Å². The SMILES string of the molecule is Cc1ccc(-c2nc(N)ncc2C)s1. The van der Waals surface area contributed by atoms with Crippen LogP contribution in [0.3, 0.4) is 0 Å². The molecule has 2 N–H and O–H groups in total. The third kappa shape index (κ3) is 1.61. The monoisotopic (exact) mass is 205 g/mol. The molecular weight excluding hydrogens is 194 g/mol. The van der Waals surface area contributed by atoms with Crippen LogP contribution in [0.1, 0.15) is 10.4 Å². The Labute approximate surface area is 86.6 Å². The second kappa shape index (κ2) is 3.38. The van der Waals surface area contributed by atoms with Crippen molar-refractivity contribution in [3.63, 3.8) is 0 Å². The summed E-state index contributed by atoms with van der Waals surface area (Å²) in [4.78, 5) is 10.6. The first-order chi connectivity index (χ1) is 6.66. The quantitative estimate of drug-likeness (QED) is 0.777. The van der Waals surface area contributed by atoms with Crippen LogP contribution in [-0.4, -0.2) is 9.97 Å². The van der Waals surface area contributed by atoms with E-state index in [-0.39, 0.29) is 0 Å². The highest BCUT2D eigenvalue weighted by atomic mass is 32.1. The third-order valence-corrected chi connectivity index (χ3v) is 2.97. The standard InChI is InChI=1S/C10H11N3S/c1-6-5-12-10(11)13-9(6)8-4-3-7(2)14-8/h3-5H,1-2H3,(H2,11,12,13). The zero-order valence-corrected chi connectivity index (χ0v) is 8.93. The fraction of sp³-hybridized carbons (Fsp3) is 0.200. The van der Waals surface area contributed by atoms with Crippen LogP contribution in [0.2, 0.25) is 0 Å². The second-order valence-corrected chi connectivity index (χ2v) is 4.46. The lowest BCUT2D eigenvalue weighted by Crippen LogP contribution is -1.97. The molecule has 2 rings (SSSR count). The van der Waals surface area contributed by atoms with E-state index in [1.54, 1.807) is 17.5 Å². The molecule has 0 aliphatic rings. The van der Waals surface area contributed by atoms with Crippen molar-refractivity contribution in [1.82, 2.24) is 9.97 Å². The van der Waals surface area contributed by atoms with E-state index < -0.39 is 0 Å². The molecule has 0 atom stereocenters. The zero-order valence-electron chi connectivity index (χ0n) is 8.11. The fourth-order valence-corrected chi connectivity index (χ4v) is 2.19. The van der Waals surface area contributed by atoms with Crippen molar-refractivity contribution in [3.8, 4) is 10.6 Å². The fourth-order valence-electron chi connectivity index (χ4n) is 1.27. The first kappa shape index (κ1) is 9.15. The predicted molar refractivity (Wildman–Crippen MR) is 59.2 cm³/mol. The molecule has 4 heteroatoms. The van der Waals surface area contributed by atoms with Gasteiger partial charge in [-0.15, -0.1) is 11.3 Å². The molecule has 2 aromatic rings. The number of aryl methyl sites for hydroxylation is 2. The van der Waals surface area contributed by atoms with E-state index in [2.05, 4.69) is 29.0 Å². The predicted octanol–water partition coefficient (Wildman–Crippen LogP) is 2.40. The summed E-state index contributed by atoms with van der Waals surface area (Å²) in [5.41, 5.74) is 7.55. The number of thiophene rings is 1. The minimum absolute atomic E-state index is 0.330. The topological polar surface area (TPSA) is 51.8 Å². The number of nitrogen functional groups attached to an aromatic ring is 1. The van der Waals surface area contributed by atoms with Crippen LogP contribution in [0.5, 0.6) is 0 Å². The minimum atomic E-state index is 0.330. The van der Waals surface area contributed by atoms with E-state index in [1.165, 1.54) is 4.88 Å². The van der Waals surface area contributed by atoms with Crippen molar-refractivity contribution >= 4 is 17.3 Å². The van der Waals surface area contributed by atoms with Crippen LogP contribution in [0.25, 0.3) is 10.6 Å². The number of hydrogen-bond acceptors (Lipinski definition) is 4. The summed E-state index contributed by atoms with van der Waals surface area (Å²) < 4.78 is 0. The highest BCUT2D eigenvalue weighted by Crippen LogP contribution is 2.28. The summed E-state index contributed by atoms with van der Waals surface area (Å²) in [5.74, 6) is 0.330. The van der Waals surface area contributed by atoms with Crippen molar-refractivity contribution in [2.24, 2.45) is 0 Å². The van der Waals surface area contributed by atoms with Crippen LogP contribution in [0.15, 0.2) is 18.3 Å². The molecule has 0 bridgehead atoms. The number of hydrogen-bond donors (Lipinski definition) is 1. The molecule has 72 valence electrons. The van der Waals surface area contributed by atoms with Gasteiger partial charge in [0.15, 0.2) is 0 Å². The van der Waals surface area contributed by atoms with Gasteiger partial charge >= 0.3 is 0 Å². The van der Waals surface area contributed by atoms with E-state index in [4.69, 9.17) is 5.73 Å². The number of nitrogens with two attached hydrogens (primary N) is 1. The van der Waals surface area contributed by atoms with Crippen molar-refractivity contribution < 1.29 is 0 Å². The summed E-state index contributed by atoms with van der Waals surface area (Å²) in [5, 5.41) is 0. The molecule has 2 aromatic heterocycles. The summed E-state index contributed by atoms with van der Waals surface area (Å²) in [6.07, 6.45) is 1.76. The van der Waals surface area contributed by atoms with Crippen LogP contribution >= 0.6 is 11.3 Å². The van der Waals surface area contributed by atoms with Crippen LogP contribution in [0, 0.1) is 13.8 Å². The molecule has 0 radical (unpaired) electrons. The molecule has 0 saturated heterocycles. The summed E-state index contributed by atoms with van der Waals surface area (Å²) in [7, 11) is 0. The van der Waals surface area contributed by atoms with Gasteiger partial charge in [0, 0.05) is 11.1 Å². The molecule has 0 unspecified atom stereocenters. The van der Waals surface area contributed by atoms with Crippen LogP contribution < -0.4 is 5.73 Å². The van der Waals surface area contributed by atoms with Gasteiger partial charge in [-0.3, -0.25) is 0 Å².